The van der Waals surface area contributed by atoms with Gasteiger partial charge in [0.25, 0.3) is 0 Å². The molecule has 7 nitrogen and oxygen atoms in total. The van der Waals surface area contributed by atoms with Gasteiger partial charge >= 0.3 is 0 Å². The zero-order chi connectivity index (χ0) is 17.8. The Bertz CT molecular complexity index is 628. The van der Waals surface area contributed by atoms with Gasteiger partial charge in [0, 0.05) is 39.2 Å². The van der Waals surface area contributed by atoms with Gasteiger partial charge in [-0.05, 0) is 38.3 Å². The lowest BCUT2D eigenvalue weighted by atomic mass is 10.0. The fourth-order valence-corrected chi connectivity index (χ4v) is 3.90. The molecule has 2 saturated heterocycles. The van der Waals surface area contributed by atoms with Crippen molar-refractivity contribution in [3.63, 3.8) is 0 Å². The van der Waals surface area contributed by atoms with E-state index in [0.717, 1.165) is 56.8 Å². The molecule has 0 aromatic carbocycles. The van der Waals surface area contributed by atoms with Gasteiger partial charge in [-0.15, -0.1) is 0 Å². The molecule has 0 aliphatic carbocycles. The van der Waals surface area contributed by atoms with Gasteiger partial charge in [0.05, 0.1) is 18.3 Å². The number of piperidine rings is 1. The number of hydrogen-bond acceptors (Lipinski definition) is 5. The van der Waals surface area contributed by atoms with E-state index in [0.29, 0.717) is 12.6 Å². The second-order valence-electron chi connectivity index (χ2n) is 6.95. The summed E-state index contributed by atoms with van der Waals surface area (Å²) in [5.41, 5.74) is 0.846. The first-order valence-corrected chi connectivity index (χ1v) is 9.12. The Hall–Kier alpha value is -2.02. The Morgan fingerprint density at radius 2 is 1.96 bits per heavy atom. The predicted molar refractivity (Wildman–Crippen MR) is 93.5 cm³/mol. The first kappa shape index (κ1) is 17.8. The minimum absolute atomic E-state index is 0.0557. The molecule has 2 aliphatic rings. The molecule has 2 amide bonds. The lowest BCUT2D eigenvalue weighted by molar-refractivity contribution is -0.130. The van der Waals surface area contributed by atoms with E-state index in [1.807, 2.05) is 11.0 Å². The van der Waals surface area contributed by atoms with E-state index in [1.165, 1.54) is 6.92 Å². The Labute approximate surface area is 148 Å². The van der Waals surface area contributed by atoms with Gasteiger partial charge in [0.15, 0.2) is 0 Å². The summed E-state index contributed by atoms with van der Waals surface area (Å²) in [5.74, 6) is 0.972. The van der Waals surface area contributed by atoms with Crippen LogP contribution in [0.25, 0.3) is 0 Å². The van der Waals surface area contributed by atoms with Gasteiger partial charge in [-0.1, -0.05) is 0 Å². The van der Waals surface area contributed by atoms with E-state index in [2.05, 4.69) is 20.2 Å². The molecule has 3 rings (SSSR count). The molecule has 25 heavy (non-hydrogen) atoms. The fourth-order valence-electron chi connectivity index (χ4n) is 3.90. The standard InChI is InChI=1S/C18H27N5O2/c1-13(24)20-12-15-5-8-19-18(21-15)17-4-3-9-23(17)16-6-10-22(11-7-16)14(2)25/h5,8,16-17H,3-4,6-7,9-12H2,1-2H3,(H,20,24)/t17-/m0/s1. The van der Waals surface area contributed by atoms with Gasteiger partial charge in [0.2, 0.25) is 11.8 Å². The van der Waals surface area contributed by atoms with Crippen LogP contribution in [-0.2, 0) is 16.1 Å². The Balaban J connectivity index is 1.66. The average molecular weight is 345 g/mol. The third-order valence-corrected chi connectivity index (χ3v) is 5.22. The van der Waals surface area contributed by atoms with Crippen molar-refractivity contribution in [2.24, 2.45) is 0 Å². The van der Waals surface area contributed by atoms with E-state index in [4.69, 9.17) is 0 Å². The maximum absolute atomic E-state index is 11.5. The smallest absolute Gasteiger partial charge is 0.219 e. The molecular formula is C18H27N5O2. The molecule has 0 radical (unpaired) electrons. The number of nitrogens with zero attached hydrogens (tertiary/aromatic N) is 4. The average Bonchev–Trinajstić information content (AvgIpc) is 3.10. The predicted octanol–water partition coefficient (Wildman–Crippen LogP) is 1.26. The topological polar surface area (TPSA) is 78.4 Å². The highest BCUT2D eigenvalue weighted by Gasteiger charge is 2.35. The number of rotatable bonds is 4. The van der Waals surface area contributed by atoms with Crippen LogP contribution >= 0.6 is 0 Å². The van der Waals surface area contributed by atoms with Crippen LogP contribution in [0.15, 0.2) is 12.3 Å². The van der Waals surface area contributed by atoms with Gasteiger partial charge < -0.3 is 10.2 Å². The van der Waals surface area contributed by atoms with E-state index in [-0.39, 0.29) is 17.9 Å². The summed E-state index contributed by atoms with van der Waals surface area (Å²) in [6, 6.07) is 2.58. The molecule has 0 saturated carbocycles. The first-order valence-electron chi connectivity index (χ1n) is 9.12. The van der Waals surface area contributed by atoms with Crippen LogP contribution in [0.3, 0.4) is 0 Å². The molecule has 7 heteroatoms. The molecule has 1 N–H and O–H groups in total. The minimum atomic E-state index is -0.0557. The zero-order valence-electron chi connectivity index (χ0n) is 15.1. The fraction of sp³-hybridized carbons (Fsp3) is 0.667. The number of aromatic nitrogens is 2. The van der Waals surface area contributed by atoms with Crippen molar-refractivity contribution in [3.05, 3.63) is 23.8 Å². The third-order valence-electron chi connectivity index (χ3n) is 5.22. The number of carbonyl (C=O) groups excluding carboxylic acids is 2. The van der Waals surface area contributed by atoms with Gasteiger partial charge in [-0.2, -0.15) is 0 Å². The summed E-state index contributed by atoms with van der Waals surface area (Å²) in [5, 5.41) is 2.79. The summed E-state index contributed by atoms with van der Waals surface area (Å²) < 4.78 is 0. The van der Waals surface area contributed by atoms with Crippen molar-refractivity contribution >= 4 is 11.8 Å². The van der Waals surface area contributed by atoms with E-state index in [1.54, 1.807) is 13.1 Å². The monoisotopic (exact) mass is 345 g/mol. The van der Waals surface area contributed by atoms with Crippen LogP contribution in [0.4, 0.5) is 0 Å². The van der Waals surface area contributed by atoms with Crippen LogP contribution in [0.5, 0.6) is 0 Å². The number of amides is 2. The van der Waals surface area contributed by atoms with Crippen molar-refractivity contribution in [1.82, 2.24) is 25.1 Å². The van der Waals surface area contributed by atoms with Crippen LogP contribution in [0.2, 0.25) is 0 Å². The van der Waals surface area contributed by atoms with Crippen molar-refractivity contribution in [2.45, 2.75) is 58.2 Å². The van der Waals surface area contributed by atoms with E-state index >= 15 is 0 Å². The lowest BCUT2D eigenvalue weighted by Crippen LogP contribution is -2.46. The highest BCUT2D eigenvalue weighted by atomic mass is 16.2. The van der Waals surface area contributed by atoms with Gasteiger partial charge in [-0.3, -0.25) is 14.5 Å². The molecule has 2 aliphatic heterocycles. The minimum Gasteiger partial charge on any atom is -0.351 e. The second-order valence-corrected chi connectivity index (χ2v) is 6.95. The van der Waals surface area contributed by atoms with Crippen LogP contribution in [0.1, 0.15) is 57.1 Å². The largest absolute Gasteiger partial charge is 0.351 e. The highest BCUT2D eigenvalue weighted by Crippen LogP contribution is 2.34. The van der Waals surface area contributed by atoms with Crippen LogP contribution < -0.4 is 5.32 Å². The number of nitrogens with one attached hydrogen (secondary N) is 1. The maximum atomic E-state index is 11.5. The normalized spacial score (nSPS) is 22.2. The number of likely N-dealkylation sites (tertiary alicyclic amines) is 2. The molecule has 0 unspecified atom stereocenters. The Kier molecular flexibility index (Phi) is 5.63. The molecule has 1 aromatic rings. The summed E-state index contributed by atoms with van der Waals surface area (Å²) in [4.78, 5) is 36.3. The van der Waals surface area contributed by atoms with Gasteiger partial charge in [-0.25, -0.2) is 9.97 Å². The summed E-state index contributed by atoms with van der Waals surface area (Å²) >= 11 is 0. The third kappa shape index (κ3) is 4.34. The molecule has 3 heterocycles. The van der Waals surface area contributed by atoms with Crippen LogP contribution in [-0.4, -0.2) is 57.3 Å². The van der Waals surface area contributed by atoms with Crippen molar-refractivity contribution in [3.8, 4) is 0 Å². The first-order chi connectivity index (χ1) is 12.0. The van der Waals surface area contributed by atoms with Crippen molar-refractivity contribution < 1.29 is 9.59 Å². The molecule has 0 spiro atoms. The zero-order valence-corrected chi connectivity index (χ0v) is 15.1. The van der Waals surface area contributed by atoms with Crippen LogP contribution in [0, 0.1) is 0 Å². The summed E-state index contributed by atoms with van der Waals surface area (Å²) in [6.45, 7) is 6.34. The number of carbonyl (C=O) groups is 2. The Morgan fingerprint density at radius 3 is 2.64 bits per heavy atom. The molecule has 136 valence electrons. The van der Waals surface area contributed by atoms with Crippen molar-refractivity contribution in [2.75, 3.05) is 19.6 Å². The molecule has 1 aromatic heterocycles. The number of hydrogen-bond donors (Lipinski definition) is 1. The SMILES string of the molecule is CC(=O)NCc1ccnc([C@@H]2CCCN2C2CCN(C(C)=O)CC2)n1. The molecular weight excluding hydrogens is 318 g/mol. The van der Waals surface area contributed by atoms with Crippen molar-refractivity contribution in [1.29, 1.82) is 0 Å². The van der Waals surface area contributed by atoms with E-state index in [9.17, 15) is 9.59 Å². The molecule has 1 atom stereocenters. The second kappa shape index (κ2) is 7.91. The summed E-state index contributed by atoms with van der Waals surface area (Å²) in [6.07, 6.45) is 6.03. The molecule has 2 fully saturated rings. The lowest BCUT2D eigenvalue weighted by Gasteiger charge is -2.38. The van der Waals surface area contributed by atoms with Gasteiger partial charge in [0.1, 0.15) is 5.82 Å². The summed E-state index contributed by atoms with van der Waals surface area (Å²) in [7, 11) is 0. The highest BCUT2D eigenvalue weighted by molar-refractivity contribution is 5.73. The molecule has 0 bridgehead atoms. The Morgan fingerprint density at radius 1 is 1.20 bits per heavy atom. The van der Waals surface area contributed by atoms with E-state index < -0.39 is 0 Å². The maximum Gasteiger partial charge on any atom is 0.219 e. The quantitative estimate of drug-likeness (QED) is 0.889.